The number of benzene rings is 1. The number of rotatable bonds is 3. The molecule has 0 saturated carbocycles. The van der Waals surface area contributed by atoms with Gasteiger partial charge in [0, 0.05) is 36.6 Å². The van der Waals surface area contributed by atoms with Gasteiger partial charge in [-0.05, 0) is 31.8 Å². The molecule has 1 aromatic carbocycles. The van der Waals surface area contributed by atoms with Crippen molar-refractivity contribution in [1.29, 1.82) is 0 Å². The van der Waals surface area contributed by atoms with Crippen molar-refractivity contribution in [3.63, 3.8) is 0 Å². The van der Waals surface area contributed by atoms with Gasteiger partial charge in [-0.25, -0.2) is 4.79 Å². The molecular weight excluding hydrogens is 366 g/mol. The number of hydrogen-bond acceptors (Lipinski definition) is 5. The van der Waals surface area contributed by atoms with E-state index in [4.69, 9.17) is 17.0 Å². The van der Waals surface area contributed by atoms with Gasteiger partial charge >= 0.3 is 5.97 Å². The molecule has 0 unspecified atom stereocenters. The number of piperazine rings is 1. The third-order valence-corrected chi connectivity index (χ3v) is 5.93. The molecule has 1 fully saturated rings. The second-order valence-corrected chi connectivity index (χ2v) is 7.93. The average Bonchev–Trinajstić information content (AvgIpc) is 2.98. The molecule has 1 saturated heterocycles. The Morgan fingerprint density at radius 1 is 1.19 bits per heavy atom. The van der Waals surface area contributed by atoms with Crippen molar-refractivity contribution < 1.29 is 9.53 Å². The number of carbonyl (C=O) groups excluding carboxylic acids is 1. The summed E-state index contributed by atoms with van der Waals surface area (Å²) in [4.78, 5) is 18.0. The summed E-state index contributed by atoms with van der Waals surface area (Å²) >= 11 is 7.13. The molecule has 1 aliphatic rings. The fourth-order valence-corrected chi connectivity index (χ4v) is 4.48. The Morgan fingerprint density at radius 3 is 2.46 bits per heavy atom. The first-order valence-corrected chi connectivity index (χ1v) is 9.75. The summed E-state index contributed by atoms with van der Waals surface area (Å²) in [6.45, 7) is 5.73. The lowest BCUT2D eigenvalue weighted by atomic mass is 10.0. The van der Waals surface area contributed by atoms with Crippen LogP contribution < -0.4 is 5.32 Å². The van der Waals surface area contributed by atoms with Crippen LogP contribution in [0.1, 0.15) is 15.2 Å². The Balaban J connectivity index is 1.92. The van der Waals surface area contributed by atoms with E-state index in [0.717, 1.165) is 47.2 Å². The highest BCUT2D eigenvalue weighted by Crippen LogP contribution is 2.40. The molecule has 0 bridgehead atoms. The fraction of sp³-hybridized carbons (Fsp3) is 0.368. The van der Waals surface area contributed by atoms with Crippen LogP contribution in [0, 0.1) is 6.92 Å². The van der Waals surface area contributed by atoms with Crippen LogP contribution in [-0.4, -0.2) is 61.2 Å². The minimum atomic E-state index is -0.350. The van der Waals surface area contributed by atoms with Crippen LogP contribution in [0.4, 0.5) is 5.00 Å². The minimum Gasteiger partial charge on any atom is -0.465 e. The third kappa shape index (κ3) is 3.90. The van der Waals surface area contributed by atoms with Gasteiger partial charge in [-0.3, -0.25) is 0 Å². The number of carbonyl (C=O) groups is 1. The molecule has 0 atom stereocenters. The highest BCUT2D eigenvalue weighted by Gasteiger charge is 2.26. The largest absolute Gasteiger partial charge is 0.465 e. The Bertz CT molecular complexity index is 797. The van der Waals surface area contributed by atoms with E-state index in [1.807, 2.05) is 37.3 Å². The van der Waals surface area contributed by atoms with Gasteiger partial charge in [0.15, 0.2) is 5.11 Å². The zero-order chi connectivity index (χ0) is 18.7. The van der Waals surface area contributed by atoms with Crippen molar-refractivity contribution in [1.82, 2.24) is 9.80 Å². The Kier molecular flexibility index (Phi) is 5.90. The fourth-order valence-electron chi connectivity index (χ4n) is 3.07. The smallest absolute Gasteiger partial charge is 0.341 e. The summed E-state index contributed by atoms with van der Waals surface area (Å²) in [7, 11) is 3.52. The molecule has 2 heterocycles. The molecule has 1 aliphatic heterocycles. The van der Waals surface area contributed by atoms with Crippen LogP contribution in [-0.2, 0) is 4.74 Å². The molecule has 5 nitrogen and oxygen atoms in total. The van der Waals surface area contributed by atoms with Gasteiger partial charge in [0.05, 0.1) is 7.11 Å². The number of thiophene rings is 1. The van der Waals surface area contributed by atoms with E-state index < -0.39 is 0 Å². The average molecular weight is 390 g/mol. The van der Waals surface area contributed by atoms with E-state index in [1.165, 1.54) is 18.4 Å². The molecule has 0 spiro atoms. The summed E-state index contributed by atoms with van der Waals surface area (Å²) in [5.74, 6) is -0.350. The zero-order valence-corrected chi connectivity index (χ0v) is 16.9. The van der Waals surface area contributed by atoms with E-state index in [1.54, 1.807) is 0 Å². The van der Waals surface area contributed by atoms with Crippen LogP contribution in [0.5, 0.6) is 0 Å². The van der Waals surface area contributed by atoms with Gasteiger partial charge in [0.2, 0.25) is 0 Å². The van der Waals surface area contributed by atoms with Crippen LogP contribution in [0.2, 0.25) is 0 Å². The monoisotopic (exact) mass is 389 g/mol. The number of esters is 1. The molecule has 26 heavy (non-hydrogen) atoms. The van der Waals surface area contributed by atoms with E-state index >= 15 is 0 Å². The predicted octanol–water partition coefficient (Wildman–Crippen LogP) is 3.45. The molecule has 1 aromatic heterocycles. The Labute approximate surface area is 163 Å². The highest BCUT2D eigenvalue weighted by atomic mass is 32.1. The standard InChI is InChI=1S/C19H23N3O2S2/c1-13-15(14-7-5-4-6-8-14)16(18(23)24-3)17(26-13)20-19(25)22-11-9-21(2)10-12-22/h4-8H,9-12H2,1-3H3,(H,20,25). The lowest BCUT2D eigenvalue weighted by molar-refractivity contribution is 0.0603. The van der Waals surface area contributed by atoms with Gasteiger partial charge in [-0.2, -0.15) is 0 Å². The third-order valence-electron chi connectivity index (χ3n) is 4.55. The maximum Gasteiger partial charge on any atom is 0.341 e. The van der Waals surface area contributed by atoms with Crippen LogP contribution in [0.15, 0.2) is 30.3 Å². The molecular formula is C19H23N3O2S2. The quantitative estimate of drug-likeness (QED) is 0.641. The summed E-state index contributed by atoms with van der Waals surface area (Å²) in [5, 5.41) is 4.70. The van der Waals surface area contributed by atoms with Crippen molar-refractivity contribution in [2.75, 3.05) is 45.7 Å². The molecule has 3 rings (SSSR count). The number of hydrogen-bond donors (Lipinski definition) is 1. The van der Waals surface area contributed by atoms with Crippen molar-refractivity contribution in [2.24, 2.45) is 0 Å². The number of methoxy groups -OCH3 is 1. The van der Waals surface area contributed by atoms with E-state index in [-0.39, 0.29) is 5.97 Å². The first-order valence-electron chi connectivity index (χ1n) is 8.53. The molecule has 0 radical (unpaired) electrons. The molecule has 0 aliphatic carbocycles. The van der Waals surface area contributed by atoms with Crippen LogP contribution in [0.3, 0.4) is 0 Å². The molecule has 7 heteroatoms. The van der Waals surface area contributed by atoms with Gasteiger partial charge in [-0.15, -0.1) is 11.3 Å². The van der Waals surface area contributed by atoms with Crippen molar-refractivity contribution in [3.8, 4) is 11.1 Å². The highest BCUT2D eigenvalue weighted by molar-refractivity contribution is 7.80. The second-order valence-electron chi connectivity index (χ2n) is 6.32. The number of anilines is 1. The predicted molar refractivity (Wildman–Crippen MR) is 111 cm³/mol. The Morgan fingerprint density at radius 2 is 1.85 bits per heavy atom. The number of nitrogens with zero attached hydrogens (tertiary/aromatic N) is 2. The summed E-state index contributed by atoms with van der Waals surface area (Å²) < 4.78 is 5.06. The summed E-state index contributed by atoms with van der Waals surface area (Å²) in [5.41, 5.74) is 2.46. The van der Waals surface area contributed by atoms with E-state index in [2.05, 4.69) is 22.2 Å². The lowest BCUT2D eigenvalue weighted by Crippen LogP contribution is -2.48. The van der Waals surface area contributed by atoms with Gasteiger partial charge in [0.1, 0.15) is 10.6 Å². The van der Waals surface area contributed by atoms with Crippen LogP contribution >= 0.6 is 23.6 Å². The number of thiocarbonyl (C=S) groups is 1. The van der Waals surface area contributed by atoms with Crippen LogP contribution in [0.25, 0.3) is 11.1 Å². The van der Waals surface area contributed by atoms with E-state index in [0.29, 0.717) is 10.7 Å². The van der Waals surface area contributed by atoms with Crippen molar-refractivity contribution in [2.45, 2.75) is 6.92 Å². The van der Waals surface area contributed by atoms with Crippen molar-refractivity contribution in [3.05, 3.63) is 40.8 Å². The molecule has 2 aromatic rings. The lowest BCUT2D eigenvalue weighted by Gasteiger charge is -2.34. The maximum absolute atomic E-state index is 12.5. The minimum absolute atomic E-state index is 0.350. The molecule has 138 valence electrons. The van der Waals surface area contributed by atoms with Gasteiger partial charge in [0.25, 0.3) is 0 Å². The Hall–Kier alpha value is -1.96. The normalized spacial score (nSPS) is 15.0. The summed E-state index contributed by atoms with van der Waals surface area (Å²) in [6.07, 6.45) is 0. The first kappa shape index (κ1) is 18.8. The molecule has 1 N–H and O–H groups in total. The van der Waals surface area contributed by atoms with Gasteiger partial charge in [-0.1, -0.05) is 30.3 Å². The van der Waals surface area contributed by atoms with E-state index in [9.17, 15) is 4.79 Å². The van der Waals surface area contributed by atoms with Gasteiger partial charge < -0.3 is 19.9 Å². The number of aryl methyl sites for hydroxylation is 1. The topological polar surface area (TPSA) is 44.8 Å². The zero-order valence-electron chi connectivity index (χ0n) is 15.2. The number of likely N-dealkylation sites (N-methyl/N-ethyl adjacent to an activating group) is 1. The molecule has 0 amide bonds. The SMILES string of the molecule is COC(=O)c1c(NC(=S)N2CCN(C)CC2)sc(C)c1-c1ccccc1. The van der Waals surface area contributed by atoms with Crippen molar-refractivity contribution >= 4 is 39.6 Å². The first-order chi connectivity index (χ1) is 12.5. The maximum atomic E-state index is 12.5. The number of nitrogens with one attached hydrogen (secondary N) is 1. The second kappa shape index (κ2) is 8.16. The number of ether oxygens (including phenoxy) is 1. The summed E-state index contributed by atoms with van der Waals surface area (Å²) in [6, 6.07) is 9.91.